The van der Waals surface area contributed by atoms with Crippen molar-refractivity contribution in [3.63, 3.8) is 0 Å². The topological polar surface area (TPSA) is 38.8 Å². The third-order valence-electron chi connectivity index (χ3n) is 6.02. The molecule has 0 bridgehead atoms. The summed E-state index contributed by atoms with van der Waals surface area (Å²) in [6.07, 6.45) is -1.28. The van der Waals surface area contributed by atoms with E-state index in [0.29, 0.717) is 21.2 Å². The average Bonchev–Trinajstić information content (AvgIpc) is 2.74. The molecule has 4 nitrogen and oxygen atoms in total. The molecule has 1 amide bonds. The first-order valence-electron chi connectivity index (χ1n) is 12.0. The Morgan fingerprint density at radius 3 is 1.94 bits per heavy atom. The summed E-state index contributed by atoms with van der Waals surface area (Å²) >= 11 is 15.5. The van der Waals surface area contributed by atoms with Crippen molar-refractivity contribution >= 4 is 60.2 Å². The van der Waals surface area contributed by atoms with Crippen molar-refractivity contribution in [1.29, 1.82) is 0 Å². The zero-order valence-electron chi connectivity index (χ0n) is 21.6. The minimum atomic E-state index is -2.20. The standard InChI is InChI=1S/C26H34Cl2F2INO3Si/c1-7-36(8-2,9-3)35-23(24-21(27)13-20(31)14-22(24)28)16-32(25(33)34-26(4,5)6)15-17-10-18(29)12-19(30)11-17/h10-14,23H,7-9,15-16H2,1-6H3. The Morgan fingerprint density at radius 1 is 1.00 bits per heavy atom. The van der Waals surface area contributed by atoms with E-state index in [9.17, 15) is 13.6 Å². The molecule has 1 atom stereocenters. The molecule has 0 aliphatic heterocycles. The highest BCUT2D eigenvalue weighted by Gasteiger charge is 2.36. The van der Waals surface area contributed by atoms with E-state index >= 15 is 0 Å². The SMILES string of the molecule is CC[Si](CC)(CC)OC(CN(Cc1cc(F)cc(F)c1)C(=O)OC(C)(C)C)c1c(Cl)cc(I)cc1Cl. The van der Waals surface area contributed by atoms with E-state index < -0.39 is 37.8 Å². The molecule has 2 aromatic carbocycles. The predicted octanol–water partition coefficient (Wildman–Crippen LogP) is 9.38. The van der Waals surface area contributed by atoms with Gasteiger partial charge < -0.3 is 14.1 Å². The zero-order chi connectivity index (χ0) is 27.3. The Labute approximate surface area is 237 Å². The van der Waals surface area contributed by atoms with Crippen molar-refractivity contribution in [3.8, 4) is 0 Å². The fourth-order valence-corrected chi connectivity index (χ4v) is 8.52. The highest BCUT2D eigenvalue weighted by atomic mass is 127. The number of nitrogens with zero attached hydrogens (tertiary/aromatic N) is 1. The van der Waals surface area contributed by atoms with Crippen molar-refractivity contribution in [2.24, 2.45) is 0 Å². The molecule has 0 saturated heterocycles. The first-order valence-corrected chi connectivity index (χ1v) is 16.3. The molecule has 0 spiro atoms. The van der Waals surface area contributed by atoms with Gasteiger partial charge in [-0.25, -0.2) is 13.6 Å². The van der Waals surface area contributed by atoms with Gasteiger partial charge in [-0.3, -0.25) is 0 Å². The number of hydrogen-bond donors (Lipinski definition) is 0. The lowest BCUT2D eigenvalue weighted by Gasteiger charge is -2.37. The maximum absolute atomic E-state index is 14.0. The molecule has 36 heavy (non-hydrogen) atoms. The van der Waals surface area contributed by atoms with Gasteiger partial charge in [0, 0.05) is 31.8 Å². The maximum Gasteiger partial charge on any atom is 0.410 e. The number of halogens is 5. The number of amides is 1. The normalized spacial score (nSPS) is 13.0. The minimum Gasteiger partial charge on any atom is -0.444 e. The van der Waals surface area contributed by atoms with E-state index in [1.165, 1.54) is 17.0 Å². The molecule has 0 aliphatic rings. The van der Waals surface area contributed by atoms with Gasteiger partial charge in [-0.15, -0.1) is 0 Å². The number of carbonyl (C=O) groups excluding carboxylic acids is 1. The van der Waals surface area contributed by atoms with Gasteiger partial charge in [0.15, 0.2) is 8.32 Å². The van der Waals surface area contributed by atoms with Gasteiger partial charge in [0.2, 0.25) is 0 Å². The van der Waals surface area contributed by atoms with Crippen LogP contribution in [-0.2, 0) is 15.7 Å². The van der Waals surface area contributed by atoms with Crippen LogP contribution in [0.25, 0.3) is 0 Å². The van der Waals surface area contributed by atoms with Gasteiger partial charge in [0.05, 0.1) is 12.6 Å². The molecular formula is C26H34Cl2F2INO3Si. The van der Waals surface area contributed by atoms with E-state index in [2.05, 4.69) is 43.4 Å². The monoisotopic (exact) mass is 671 g/mol. The van der Waals surface area contributed by atoms with Gasteiger partial charge in [-0.05, 0) is 91.3 Å². The van der Waals surface area contributed by atoms with Gasteiger partial charge in [0.25, 0.3) is 0 Å². The molecule has 0 radical (unpaired) electrons. The van der Waals surface area contributed by atoms with Crippen LogP contribution in [0.15, 0.2) is 30.3 Å². The van der Waals surface area contributed by atoms with Gasteiger partial charge in [-0.1, -0.05) is 44.0 Å². The molecule has 2 rings (SSSR count). The van der Waals surface area contributed by atoms with Crippen molar-refractivity contribution in [2.45, 2.75) is 77.9 Å². The number of carbonyl (C=O) groups is 1. The van der Waals surface area contributed by atoms with Crippen molar-refractivity contribution in [2.75, 3.05) is 6.54 Å². The second-order valence-electron chi connectivity index (χ2n) is 9.77. The minimum absolute atomic E-state index is 0.0435. The van der Waals surface area contributed by atoms with Crippen LogP contribution < -0.4 is 0 Å². The van der Waals surface area contributed by atoms with Gasteiger partial charge >= 0.3 is 6.09 Å². The quantitative estimate of drug-likeness (QED) is 0.187. The highest BCUT2D eigenvalue weighted by Crippen LogP contribution is 2.39. The summed E-state index contributed by atoms with van der Waals surface area (Å²) in [4.78, 5) is 14.7. The van der Waals surface area contributed by atoms with Crippen LogP contribution >= 0.6 is 45.8 Å². The van der Waals surface area contributed by atoms with E-state index in [1.807, 2.05) is 0 Å². The molecule has 0 saturated carbocycles. The number of benzene rings is 2. The lowest BCUT2D eigenvalue weighted by molar-refractivity contribution is 0.0138. The summed E-state index contributed by atoms with van der Waals surface area (Å²) in [7, 11) is -2.20. The number of rotatable bonds is 10. The maximum atomic E-state index is 14.0. The van der Waals surface area contributed by atoms with Crippen LogP contribution in [0.3, 0.4) is 0 Å². The Hall–Kier alpha value is -0.943. The van der Waals surface area contributed by atoms with Crippen LogP contribution in [0, 0.1) is 15.2 Å². The molecule has 0 N–H and O–H groups in total. The summed E-state index contributed by atoms with van der Waals surface area (Å²) in [5.74, 6) is -1.44. The zero-order valence-corrected chi connectivity index (χ0v) is 26.2. The molecule has 0 fully saturated rings. The van der Waals surface area contributed by atoms with Crippen LogP contribution in [0.5, 0.6) is 0 Å². The summed E-state index contributed by atoms with van der Waals surface area (Å²) in [5, 5.41) is 0.869. The van der Waals surface area contributed by atoms with E-state index in [-0.39, 0.29) is 13.1 Å². The van der Waals surface area contributed by atoms with E-state index in [1.54, 1.807) is 32.9 Å². The van der Waals surface area contributed by atoms with Crippen LogP contribution in [0.1, 0.15) is 58.8 Å². The Bertz CT molecular complexity index is 1010. The molecule has 200 valence electrons. The van der Waals surface area contributed by atoms with Crippen molar-refractivity contribution < 1.29 is 22.7 Å². The molecular weight excluding hydrogens is 638 g/mol. The predicted molar refractivity (Wildman–Crippen MR) is 153 cm³/mol. The summed E-state index contributed by atoms with van der Waals surface area (Å²) in [6, 6.07) is 9.41. The van der Waals surface area contributed by atoms with Crippen LogP contribution in [0.2, 0.25) is 28.2 Å². The summed E-state index contributed by atoms with van der Waals surface area (Å²) in [5.41, 5.74) is 0.109. The highest BCUT2D eigenvalue weighted by molar-refractivity contribution is 14.1. The van der Waals surface area contributed by atoms with E-state index in [0.717, 1.165) is 27.8 Å². The van der Waals surface area contributed by atoms with Crippen LogP contribution in [0.4, 0.5) is 13.6 Å². The Kier molecular flexibility index (Phi) is 11.5. The molecule has 1 unspecified atom stereocenters. The number of hydrogen-bond acceptors (Lipinski definition) is 3. The molecule has 10 heteroatoms. The molecule has 0 heterocycles. The van der Waals surface area contributed by atoms with E-state index in [4.69, 9.17) is 32.4 Å². The summed E-state index contributed by atoms with van der Waals surface area (Å²) < 4.78 is 41.3. The average molecular weight is 672 g/mol. The van der Waals surface area contributed by atoms with Crippen LogP contribution in [-0.4, -0.2) is 31.5 Å². The smallest absolute Gasteiger partial charge is 0.410 e. The summed E-state index contributed by atoms with van der Waals surface area (Å²) in [6.45, 7) is 11.6. The van der Waals surface area contributed by atoms with Gasteiger partial charge in [-0.2, -0.15) is 0 Å². The first kappa shape index (κ1) is 31.3. The van der Waals surface area contributed by atoms with Gasteiger partial charge in [0.1, 0.15) is 17.2 Å². The number of ether oxygens (including phenoxy) is 1. The second-order valence-corrected chi connectivity index (χ2v) is 16.6. The van der Waals surface area contributed by atoms with Crippen molar-refractivity contribution in [3.05, 3.63) is 66.7 Å². The molecule has 2 aromatic rings. The lowest BCUT2D eigenvalue weighted by atomic mass is 10.1. The first-order chi connectivity index (χ1) is 16.7. The fraction of sp³-hybridized carbons (Fsp3) is 0.500. The molecule has 0 aliphatic carbocycles. The Balaban J connectivity index is 2.58. The molecule has 0 aromatic heterocycles. The third kappa shape index (κ3) is 8.82. The fourth-order valence-electron chi connectivity index (χ4n) is 4.00. The third-order valence-corrected chi connectivity index (χ3v) is 11.9. The largest absolute Gasteiger partial charge is 0.444 e. The second kappa shape index (κ2) is 13.2. The Morgan fingerprint density at radius 2 is 1.50 bits per heavy atom. The lowest BCUT2D eigenvalue weighted by Crippen LogP contribution is -2.43. The van der Waals surface area contributed by atoms with Crippen molar-refractivity contribution in [1.82, 2.24) is 4.90 Å².